The summed E-state index contributed by atoms with van der Waals surface area (Å²) in [5.74, 6) is 0. The van der Waals surface area contributed by atoms with Crippen molar-refractivity contribution in [3.05, 3.63) is 29.3 Å². The minimum Gasteiger partial charge on any atom is -0.394 e. The fraction of sp³-hybridized carbons (Fsp3) is 0.625. The van der Waals surface area contributed by atoms with Gasteiger partial charge in [0, 0.05) is 25.3 Å². The fourth-order valence-corrected chi connectivity index (χ4v) is 2.54. The molecule has 1 atom stereocenters. The molecule has 1 saturated heterocycles. The van der Waals surface area contributed by atoms with Crippen LogP contribution in [-0.4, -0.2) is 44.1 Å². The van der Waals surface area contributed by atoms with Crippen molar-refractivity contribution in [2.24, 2.45) is 0 Å². The summed E-state index contributed by atoms with van der Waals surface area (Å²) >= 11 is 0. The van der Waals surface area contributed by atoms with Crippen molar-refractivity contribution in [2.45, 2.75) is 32.9 Å². The molecule has 112 valence electrons. The number of hydrogen-bond acceptors (Lipinski definition) is 4. The molecule has 0 aliphatic carbocycles. The first-order valence-electron chi connectivity index (χ1n) is 7.52. The van der Waals surface area contributed by atoms with Crippen molar-refractivity contribution >= 4 is 5.69 Å². The molecule has 0 spiro atoms. The molecule has 1 aliphatic heterocycles. The summed E-state index contributed by atoms with van der Waals surface area (Å²) in [4.78, 5) is 2.29. The second kappa shape index (κ2) is 7.62. The quantitative estimate of drug-likeness (QED) is 0.777. The molecule has 1 aliphatic rings. The Hall–Kier alpha value is -1.10. The second-order valence-electron chi connectivity index (χ2n) is 5.41. The van der Waals surface area contributed by atoms with E-state index in [-0.39, 0.29) is 12.7 Å². The number of nitrogens with one attached hydrogen (secondary N) is 1. The lowest BCUT2D eigenvalue weighted by atomic mass is 10.1. The molecule has 1 fully saturated rings. The van der Waals surface area contributed by atoms with Crippen LogP contribution in [-0.2, 0) is 11.3 Å². The zero-order chi connectivity index (χ0) is 14.4. The number of aliphatic hydroxyl groups is 1. The van der Waals surface area contributed by atoms with Crippen LogP contribution in [0, 0.1) is 6.92 Å². The molecule has 0 aromatic heterocycles. The van der Waals surface area contributed by atoms with Gasteiger partial charge in [0.25, 0.3) is 0 Å². The SMILES string of the molecule is CCCNCc1ccc(N2CCOC(CO)C2)cc1C. The summed E-state index contributed by atoms with van der Waals surface area (Å²) in [7, 11) is 0. The largest absolute Gasteiger partial charge is 0.394 e. The van der Waals surface area contributed by atoms with Gasteiger partial charge < -0.3 is 20.1 Å². The van der Waals surface area contributed by atoms with Crippen LogP contribution in [0.1, 0.15) is 24.5 Å². The molecule has 1 aromatic carbocycles. The minimum atomic E-state index is -0.0602. The van der Waals surface area contributed by atoms with Gasteiger partial charge in [-0.1, -0.05) is 13.0 Å². The number of hydrogen-bond donors (Lipinski definition) is 2. The first kappa shape index (κ1) is 15.3. The highest BCUT2D eigenvalue weighted by molar-refractivity contribution is 5.51. The maximum absolute atomic E-state index is 9.21. The van der Waals surface area contributed by atoms with Crippen LogP contribution in [0.2, 0.25) is 0 Å². The van der Waals surface area contributed by atoms with Gasteiger partial charge in [0.15, 0.2) is 0 Å². The average molecular weight is 278 g/mol. The summed E-state index contributed by atoms with van der Waals surface area (Å²) in [5.41, 5.74) is 3.90. The molecule has 1 heterocycles. The molecular weight excluding hydrogens is 252 g/mol. The van der Waals surface area contributed by atoms with Gasteiger partial charge >= 0.3 is 0 Å². The molecule has 0 radical (unpaired) electrons. The summed E-state index contributed by atoms with van der Waals surface area (Å²) in [6.07, 6.45) is 1.10. The van der Waals surface area contributed by atoms with Crippen molar-refractivity contribution in [3.63, 3.8) is 0 Å². The van der Waals surface area contributed by atoms with Crippen LogP contribution >= 0.6 is 0 Å². The van der Waals surface area contributed by atoms with E-state index < -0.39 is 0 Å². The highest BCUT2D eigenvalue weighted by Crippen LogP contribution is 2.21. The number of rotatable bonds is 6. The topological polar surface area (TPSA) is 44.7 Å². The third-order valence-corrected chi connectivity index (χ3v) is 3.78. The van der Waals surface area contributed by atoms with Gasteiger partial charge in [-0.2, -0.15) is 0 Å². The Labute approximate surface area is 121 Å². The Morgan fingerprint density at radius 1 is 1.45 bits per heavy atom. The van der Waals surface area contributed by atoms with Crippen molar-refractivity contribution < 1.29 is 9.84 Å². The van der Waals surface area contributed by atoms with Gasteiger partial charge in [0.1, 0.15) is 0 Å². The number of morpholine rings is 1. The van der Waals surface area contributed by atoms with E-state index in [9.17, 15) is 5.11 Å². The Morgan fingerprint density at radius 3 is 3.00 bits per heavy atom. The third kappa shape index (κ3) is 3.95. The van der Waals surface area contributed by atoms with E-state index in [1.807, 2.05) is 0 Å². The Bertz CT molecular complexity index is 423. The van der Waals surface area contributed by atoms with Crippen LogP contribution in [0.5, 0.6) is 0 Å². The van der Waals surface area contributed by atoms with E-state index in [0.717, 1.165) is 32.6 Å². The van der Waals surface area contributed by atoms with Gasteiger partial charge in [-0.05, 0) is 43.1 Å². The number of aryl methyl sites for hydroxylation is 1. The van der Waals surface area contributed by atoms with Crippen molar-refractivity contribution in [2.75, 3.05) is 37.7 Å². The number of ether oxygens (including phenoxy) is 1. The zero-order valence-electron chi connectivity index (χ0n) is 12.6. The third-order valence-electron chi connectivity index (χ3n) is 3.78. The van der Waals surface area contributed by atoms with Crippen molar-refractivity contribution in [1.29, 1.82) is 0 Å². The molecule has 0 bridgehead atoms. The van der Waals surface area contributed by atoms with E-state index in [4.69, 9.17) is 4.74 Å². The van der Waals surface area contributed by atoms with E-state index in [1.165, 1.54) is 16.8 Å². The zero-order valence-corrected chi connectivity index (χ0v) is 12.6. The molecule has 0 saturated carbocycles. The lowest BCUT2D eigenvalue weighted by Gasteiger charge is -2.34. The Morgan fingerprint density at radius 2 is 2.30 bits per heavy atom. The van der Waals surface area contributed by atoms with Crippen LogP contribution in [0.15, 0.2) is 18.2 Å². The fourth-order valence-electron chi connectivity index (χ4n) is 2.54. The van der Waals surface area contributed by atoms with Crippen molar-refractivity contribution in [3.8, 4) is 0 Å². The minimum absolute atomic E-state index is 0.0602. The van der Waals surface area contributed by atoms with Gasteiger partial charge in [-0.15, -0.1) is 0 Å². The van der Waals surface area contributed by atoms with Gasteiger partial charge in [0.2, 0.25) is 0 Å². The van der Waals surface area contributed by atoms with Crippen molar-refractivity contribution in [1.82, 2.24) is 5.32 Å². The molecule has 0 amide bonds. The highest BCUT2D eigenvalue weighted by atomic mass is 16.5. The smallest absolute Gasteiger partial charge is 0.0980 e. The molecule has 20 heavy (non-hydrogen) atoms. The van der Waals surface area contributed by atoms with E-state index in [2.05, 4.69) is 42.3 Å². The highest BCUT2D eigenvalue weighted by Gasteiger charge is 2.20. The maximum Gasteiger partial charge on any atom is 0.0980 e. The monoisotopic (exact) mass is 278 g/mol. The number of nitrogens with zero attached hydrogens (tertiary/aromatic N) is 1. The van der Waals surface area contributed by atoms with Crippen LogP contribution in [0.3, 0.4) is 0 Å². The predicted octanol–water partition coefficient (Wildman–Crippen LogP) is 1.69. The molecule has 4 heteroatoms. The number of aliphatic hydroxyl groups excluding tert-OH is 1. The lowest BCUT2D eigenvalue weighted by molar-refractivity contribution is 0.00356. The Balaban J connectivity index is 2.00. The number of anilines is 1. The van der Waals surface area contributed by atoms with E-state index in [0.29, 0.717) is 6.61 Å². The van der Waals surface area contributed by atoms with Gasteiger partial charge in [-0.3, -0.25) is 0 Å². The average Bonchev–Trinajstić information content (AvgIpc) is 2.49. The molecule has 1 aromatic rings. The second-order valence-corrected chi connectivity index (χ2v) is 5.41. The molecule has 2 N–H and O–H groups in total. The standard InChI is InChI=1S/C16H26N2O2/c1-3-6-17-10-14-4-5-15(9-13(14)2)18-7-8-20-16(11-18)12-19/h4-5,9,16-17,19H,3,6-8,10-12H2,1-2H3. The first-order chi connectivity index (χ1) is 9.74. The van der Waals surface area contributed by atoms with Gasteiger partial charge in [0.05, 0.1) is 19.3 Å². The molecule has 1 unspecified atom stereocenters. The predicted molar refractivity (Wildman–Crippen MR) is 82.2 cm³/mol. The van der Waals surface area contributed by atoms with Crippen LogP contribution < -0.4 is 10.2 Å². The summed E-state index contributed by atoms with van der Waals surface area (Å²) in [6.45, 7) is 8.77. The molecule has 4 nitrogen and oxygen atoms in total. The summed E-state index contributed by atoms with van der Waals surface area (Å²) in [5, 5.41) is 12.7. The normalized spacial score (nSPS) is 19.4. The van der Waals surface area contributed by atoms with E-state index in [1.54, 1.807) is 0 Å². The van der Waals surface area contributed by atoms with Gasteiger partial charge in [-0.25, -0.2) is 0 Å². The first-order valence-corrected chi connectivity index (χ1v) is 7.52. The number of benzene rings is 1. The van der Waals surface area contributed by atoms with E-state index >= 15 is 0 Å². The Kier molecular flexibility index (Phi) is 5.83. The summed E-state index contributed by atoms with van der Waals surface area (Å²) in [6, 6.07) is 6.62. The molecule has 2 rings (SSSR count). The lowest BCUT2D eigenvalue weighted by Crippen LogP contribution is -2.44. The maximum atomic E-state index is 9.21. The van der Waals surface area contributed by atoms with Crippen LogP contribution in [0.25, 0.3) is 0 Å². The summed E-state index contributed by atoms with van der Waals surface area (Å²) < 4.78 is 5.50. The van der Waals surface area contributed by atoms with Crippen LogP contribution in [0.4, 0.5) is 5.69 Å². The molecular formula is C16H26N2O2.